The van der Waals surface area contributed by atoms with Crippen molar-refractivity contribution in [2.75, 3.05) is 13.2 Å². The van der Waals surface area contributed by atoms with Crippen molar-refractivity contribution in [3.8, 4) is 5.75 Å². The van der Waals surface area contributed by atoms with Crippen molar-refractivity contribution in [1.82, 2.24) is 0 Å². The van der Waals surface area contributed by atoms with Crippen LogP contribution in [0.5, 0.6) is 5.75 Å². The predicted octanol–water partition coefficient (Wildman–Crippen LogP) is 6.89. The lowest BCUT2D eigenvalue weighted by atomic mass is 10.1. The molecule has 0 aromatic heterocycles. The quantitative estimate of drug-likeness (QED) is 0.259. The summed E-state index contributed by atoms with van der Waals surface area (Å²) in [5.74, 6) is -0.356. The molecule has 35 heavy (non-hydrogen) atoms. The number of nitro groups is 2. The third-order valence-corrected chi connectivity index (χ3v) is 4.32. The second kappa shape index (κ2) is 13.1. The number of nitro benzene ring substituents is 2. The Morgan fingerprint density at radius 2 is 1.23 bits per heavy atom. The number of rotatable bonds is 4. The highest BCUT2D eigenvalue weighted by atomic mass is 35.5. The number of nitrogens with zero attached hydrogens (tertiary/aromatic N) is 2. The Morgan fingerprint density at radius 1 is 0.857 bits per heavy atom. The zero-order valence-electron chi connectivity index (χ0n) is 18.8. The summed E-state index contributed by atoms with van der Waals surface area (Å²) >= 11 is 5.41. The number of hydrogen-bond acceptors (Lipinski definition) is 6. The van der Waals surface area contributed by atoms with Gasteiger partial charge < -0.3 is 9.84 Å². The summed E-state index contributed by atoms with van der Waals surface area (Å²) in [6.07, 6.45) is -9.37. The number of hydrogen-bond donors (Lipinski definition) is 1. The summed E-state index contributed by atoms with van der Waals surface area (Å²) in [5.41, 5.74) is -3.41. The fraction of sp³-hybridized carbons (Fsp3) is 0.400. The Balaban J connectivity index is 0.000000597. The van der Waals surface area contributed by atoms with Crippen LogP contribution < -0.4 is 4.74 Å². The van der Waals surface area contributed by atoms with Crippen molar-refractivity contribution < 1.29 is 46.0 Å². The number of halogens is 7. The van der Waals surface area contributed by atoms with E-state index in [9.17, 15) is 46.6 Å². The molecule has 0 fully saturated rings. The van der Waals surface area contributed by atoms with Crippen LogP contribution in [0.25, 0.3) is 0 Å². The normalized spacial score (nSPS) is 11.0. The number of non-ortho nitro benzene ring substituents is 2. The highest BCUT2D eigenvalue weighted by Crippen LogP contribution is 2.41. The zero-order chi connectivity index (χ0) is 27.7. The van der Waals surface area contributed by atoms with Gasteiger partial charge in [-0.1, -0.05) is 11.6 Å². The van der Waals surface area contributed by atoms with E-state index in [0.717, 1.165) is 12.1 Å². The maximum atomic E-state index is 12.7. The average molecular weight is 535 g/mol. The van der Waals surface area contributed by atoms with E-state index in [2.05, 4.69) is 0 Å². The van der Waals surface area contributed by atoms with Crippen molar-refractivity contribution in [2.24, 2.45) is 0 Å². The zero-order valence-corrected chi connectivity index (χ0v) is 19.5. The molecule has 0 aliphatic heterocycles. The van der Waals surface area contributed by atoms with Gasteiger partial charge in [0.1, 0.15) is 11.3 Å². The molecule has 15 heteroatoms. The van der Waals surface area contributed by atoms with E-state index < -0.39 is 49.7 Å². The first kappa shape index (κ1) is 31.9. The molecule has 0 bridgehead atoms. The maximum Gasteiger partial charge on any atom is 0.420 e. The Morgan fingerprint density at radius 3 is 1.57 bits per heavy atom. The molecule has 0 amide bonds. The summed E-state index contributed by atoms with van der Waals surface area (Å²) < 4.78 is 80.1. The summed E-state index contributed by atoms with van der Waals surface area (Å²) in [5, 5.41) is 27.9. The lowest BCUT2D eigenvalue weighted by molar-refractivity contribution is -0.385. The van der Waals surface area contributed by atoms with Crippen LogP contribution in [0.4, 0.5) is 37.7 Å². The largest absolute Gasteiger partial charge is 0.493 e. The van der Waals surface area contributed by atoms with Crippen LogP contribution in [0.1, 0.15) is 36.1 Å². The van der Waals surface area contributed by atoms with Gasteiger partial charge in [0.25, 0.3) is 11.4 Å². The van der Waals surface area contributed by atoms with Gasteiger partial charge in [0.15, 0.2) is 0 Å². The van der Waals surface area contributed by atoms with E-state index in [0.29, 0.717) is 12.1 Å². The van der Waals surface area contributed by atoms with Crippen LogP contribution in [-0.4, -0.2) is 28.2 Å². The fourth-order valence-electron chi connectivity index (χ4n) is 2.47. The van der Waals surface area contributed by atoms with Crippen molar-refractivity contribution in [1.29, 1.82) is 0 Å². The van der Waals surface area contributed by atoms with E-state index >= 15 is 0 Å². The van der Waals surface area contributed by atoms with Crippen molar-refractivity contribution in [3.63, 3.8) is 0 Å². The third kappa shape index (κ3) is 9.56. The number of aryl methyl sites for hydroxylation is 2. The molecule has 0 aliphatic carbocycles. The number of aliphatic hydroxyl groups excluding tert-OH is 1. The molecule has 2 rings (SSSR count). The minimum Gasteiger partial charge on any atom is -0.493 e. The van der Waals surface area contributed by atoms with Gasteiger partial charge in [-0.25, -0.2) is 0 Å². The van der Waals surface area contributed by atoms with Crippen LogP contribution in [-0.2, 0) is 12.4 Å². The fourth-order valence-corrected chi connectivity index (χ4v) is 2.69. The first-order chi connectivity index (χ1) is 15.9. The molecular weight excluding hydrogens is 514 g/mol. The smallest absolute Gasteiger partial charge is 0.420 e. The standard InChI is InChI=1S/C10H10F3NO3.C8H5ClF3NO2.C2H6O/c1-3-17-9-6(2)4-7(14(15)16)5-8(9)10(11,12)13;1-4-2-5(13(14)15)3-6(7(4)9)8(10,11)12;1-2-3/h4-5H,3H2,1-2H3;2-3H,1H3;3H,2H2,1H3. The van der Waals surface area contributed by atoms with Gasteiger partial charge >= 0.3 is 12.4 Å². The molecule has 2 aromatic carbocycles. The topological polar surface area (TPSA) is 116 Å². The van der Waals surface area contributed by atoms with Gasteiger partial charge in [0.2, 0.25) is 0 Å². The van der Waals surface area contributed by atoms with Gasteiger partial charge in [-0.15, -0.1) is 0 Å². The molecule has 0 saturated heterocycles. The lowest BCUT2D eigenvalue weighted by Gasteiger charge is -2.15. The number of ether oxygens (including phenoxy) is 1. The first-order valence-electron chi connectivity index (χ1n) is 9.53. The van der Waals surface area contributed by atoms with Gasteiger partial charge in [-0.3, -0.25) is 20.2 Å². The SMILES string of the molecule is CCO.CCOc1c(C)cc([N+](=O)[O-])cc1C(F)(F)F.Cc1cc([N+](=O)[O-])cc(C(F)(F)F)c1Cl. The van der Waals surface area contributed by atoms with Crippen LogP contribution in [0.3, 0.4) is 0 Å². The average Bonchev–Trinajstić information content (AvgIpc) is 2.70. The number of alkyl halides is 6. The third-order valence-electron chi connectivity index (χ3n) is 3.82. The molecule has 196 valence electrons. The number of benzene rings is 2. The van der Waals surface area contributed by atoms with Crippen LogP contribution in [0, 0.1) is 34.1 Å². The molecule has 0 radical (unpaired) electrons. The Bertz CT molecular complexity index is 1040. The Labute approximate surface area is 200 Å². The molecule has 0 atom stereocenters. The summed E-state index contributed by atoms with van der Waals surface area (Å²) in [6, 6.07) is 2.96. The van der Waals surface area contributed by atoms with Crippen molar-refractivity contribution >= 4 is 23.0 Å². The van der Waals surface area contributed by atoms with Crippen LogP contribution in [0.2, 0.25) is 5.02 Å². The Hall–Kier alpha value is -3.13. The van der Waals surface area contributed by atoms with E-state index in [1.807, 2.05) is 0 Å². The van der Waals surface area contributed by atoms with E-state index in [1.54, 1.807) is 13.8 Å². The monoisotopic (exact) mass is 534 g/mol. The molecule has 1 N–H and O–H groups in total. The summed E-state index contributed by atoms with van der Waals surface area (Å²) in [6.45, 7) is 6.15. The van der Waals surface area contributed by atoms with Crippen LogP contribution >= 0.6 is 11.6 Å². The highest BCUT2D eigenvalue weighted by Gasteiger charge is 2.37. The maximum absolute atomic E-state index is 12.7. The molecule has 2 aromatic rings. The summed E-state index contributed by atoms with van der Waals surface area (Å²) in [4.78, 5) is 19.1. The first-order valence-corrected chi connectivity index (χ1v) is 9.91. The highest BCUT2D eigenvalue weighted by molar-refractivity contribution is 6.32. The molecule has 8 nitrogen and oxygen atoms in total. The molecule has 0 heterocycles. The van der Waals surface area contributed by atoms with E-state index in [4.69, 9.17) is 21.4 Å². The molecular formula is C20H21ClF6N2O6. The van der Waals surface area contributed by atoms with E-state index in [-0.39, 0.29) is 30.1 Å². The second-order valence-corrected chi connectivity index (χ2v) is 6.90. The van der Waals surface area contributed by atoms with Crippen molar-refractivity contribution in [2.45, 2.75) is 40.0 Å². The minimum atomic E-state index is -4.69. The van der Waals surface area contributed by atoms with Gasteiger partial charge in [-0.2, -0.15) is 26.3 Å². The summed E-state index contributed by atoms with van der Waals surface area (Å²) in [7, 11) is 0. The predicted molar refractivity (Wildman–Crippen MR) is 115 cm³/mol. The molecule has 0 saturated carbocycles. The molecule has 0 spiro atoms. The van der Waals surface area contributed by atoms with Gasteiger partial charge in [-0.05, 0) is 38.8 Å². The minimum absolute atomic E-state index is 0.0261. The molecule has 0 unspecified atom stereocenters. The van der Waals surface area contributed by atoms with Crippen LogP contribution in [0.15, 0.2) is 24.3 Å². The van der Waals surface area contributed by atoms with E-state index in [1.165, 1.54) is 13.8 Å². The van der Waals surface area contributed by atoms with Gasteiger partial charge in [0, 0.05) is 30.9 Å². The Kier molecular flexibility index (Phi) is 11.9. The van der Waals surface area contributed by atoms with Gasteiger partial charge in [0.05, 0.1) is 27.0 Å². The second-order valence-electron chi connectivity index (χ2n) is 6.52. The lowest BCUT2D eigenvalue weighted by Crippen LogP contribution is -2.10. The number of aliphatic hydroxyl groups is 1. The molecule has 0 aliphatic rings. The van der Waals surface area contributed by atoms with Crippen molar-refractivity contribution in [3.05, 3.63) is 71.8 Å².